The smallest absolute Gasteiger partial charge is 0.274 e. The van der Waals surface area contributed by atoms with Crippen LogP contribution >= 0.6 is 27.5 Å². The van der Waals surface area contributed by atoms with E-state index in [0.29, 0.717) is 22.1 Å². The molecule has 1 amide bonds. The summed E-state index contributed by atoms with van der Waals surface area (Å²) < 4.78 is 2.58. The summed E-state index contributed by atoms with van der Waals surface area (Å²) in [4.78, 5) is 17.0. The number of carbonyl (C=O) groups excluding carboxylic acids is 1. The molecule has 4 nitrogen and oxygen atoms in total. The van der Waals surface area contributed by atoms with Crippen LogP contribution in [0.15, 0.2) is 41.0 Å². The number of aryl methyl sites for hydroxylation is 2. The van der Waals surface area contributed by atoms with Gasteiger partial charge in [-0.1, -0.05) is 17.7 Å². The lowest BCUT2D eigenvalue weighted by atomic mass is 10.2. The Morgan fingerprint density at radius 2 is 2.05 bits per heavy atom. The molecule has 3 rings (SSSR count). The summed E-state index contributed by atoms with van der Waals surface area (Å²) >= 11 is 9.43. The molecule has 0 unspecified atom stereocenters. The average molecular weight is 379 g/mol. The quantitative estimate of drug-likeness (QED) is 0.707. The Balaban J connectivity index is 2.00. The first-order valence-corrected chi connectivity index (χ1v) is 7.84. The van der Waals surface area contributed by atoms with E-state index >= 15 is 0 Å². The predicted octanol–water partition coefficient (Wildman–Crippen LogP) is 4.62. The van der Waals surface area contributed by atoms with E-state index in [1.54, 1.807) is 29.7 Å². The van der Waals surface area contributed by atoms with Gasteiger partial charge in [0.05, 0.1) is 11.4 Å². The normalized spacial score (nSPS) is 10.9. The third kappa shape index (κ3) is 2.74. The summed E-state index contributed by atoms with van der Waals surface area (Å²) in [7, 11) is 0. The Labute approximate surface area is 141 Å². The zero-order valence-corrected chi connectivity index (χ0v) is 14.4. The fraction of sp³-hybridized carbons (Fsp3) is 0.125. The number of halogens is 2. The molecule has 0 saturated heterocycles. The van der Waals surface area contributed by atoms with Crippen molar-refractivity contribution in [2.24, 2.45) is 0 Å². The molecule has 0 saturated carbocycles. The van der Waals surface area contributed by atoms with Crippen molar-refractivity contribution in [3.05, 3.63) is 63.0 Å². The highest BCUT2D eigenvalue weighted by Crippen LogP contribution is 2.25. The van der Waals surface area contributed by atoms with Crippen LogP contribution in [0.3, 0.4) is 0 Å². The lowest BCUT2D eigenvalue weighted by molar-refractivity contribution is 0.102. The molecule has 1 aromatic carbocycles. The lowest BCUT2D eigenvalue weighted by Crippen LogP contribution is -2.16. The van der Waals surface area contributed by atoms with Crippen molar-refractivity contribution in [2.45, 2.75) is 13.8 Å². The predicted molar refractivity (Wildman–Crippen MR) is 91.8 cm³/mol. The van der Waals surface area contributed by atoms with Gasteiger partial charge in [-0.2, -0.15) is 0 Å². The van der Waals surface area contributed by atoms with Gasteiger partial charge in [-0.25, -0.2) is 4.98 Å². The van der Waals surface area contributed by atoms with Crippen LogP contribution in [-0.4, -0.2) is 15.3 Å². The van der Waals surface area contributed by atoms with Crippen LogP contribution in [0.1, 0.15) is 21.7 Å². The van der Waals surface area contributed by atoms with Gasteiger partial charge in [-0.05, 0) is 53.5 Å². The second-order valence-corrected chi connectivity index (χ2v) is 6.35. The number of imidazole rings is 1. The monoisotopic (exact) mass is 377 g/mol. The lowest BCUT2D eigenvalue weighted by Gasteiger charge is -2.08. The molecular weight excluding hydrogens is 366 g/mol. The molecule has 0 fully saturated rings. The number of hydrogen-bond acceptors (Lipinski definition) is 2. The van der Waals surface area contributed by atoms with E-state index in [2.05, 4.69) is 26.2 Å². The van der Waals surface area contributed by atoms with Crippen LogP contribution in [0.4, 0.5) is 5.69 Å². The number of nitrogens with zero attached hydrogens (tertiary/aromatic N) is 2. The van der Waals surface area contributed by atoms with Crippen molar-refractivity contribution < 1.29 is 4.79 Å². The highest BCUT2D eigenvalue weighted by molar-refractivity contribution is 9.10. The minimum Gasteiger partial charge on any atom is -0.320 e. The second kappa shape index (κ2) is 5.74. The van der Waals surface area contributed by atoms with Crippen molar-refractivity contribution in [1.29, 1.82) is 0 Å². The van der Waals surface area contributed by atoms with Gasteiger partial charge in [-0.15, -0.1) is 0 Å². The number of aromatic nitrogens is 2. The van der Waals surface area contributed by atoms with Crippen molar-refractivity contribution >= 4 is 44.8 Å². The van der Waals surface area contributed by atoms with Crippen LogP contribution in [0.25, 0.3) is 5.65 Å². The molecule has 1 N–H and O–H groups in total. The van der Waals surface area contributed by atoms with Gasteiger partial charge in [-0.3, -0.25) is 9.20 Å². The Morgan fingerprint density at radius 1 is 1.27 bits per heavy atom. The van der Waals surface area contributed by atoms with Crippen LogP contribution in [0.5, 0.6) is 0 Å². The fourth-order valence-electron chi connectivity index (χ4n) is 2.31. The van der Waals surface area contributed by atoms with Gasteiger partial charge in [0.15, 0.2) is 0 Å². The molecule has 2 heterocycles. The number of rotatable bonds is 2. The van der Waals surface area contributed by atoms with Crippen molar-refractivity contribution in [1.82, 2.24) is 9.38 Å². The summed E-state index contributed by atoms with van der Waals surface area (Å²) in [5.74, 6) is -0.211. The summed E-state index contributed by atoms with van der Waals surface area (Å²) in [6.07, 6.45) is 1.75. The molecule has 0 spiro atoms. The highest BCUT2D eigenvalue weighted by Gasteiger charge is 2.17. The molecule has 0 bridgehead atoms. The van der Waals surface area contributed by atoms with Crippen LogP contribution in [0, 0.1) is 13.8 Å². The third-order valence-electron chi connectivity index (χ3n) is 3.35. The van der Waals surface area contributed by atoms with Crippen molar-refractivity contribution in [3.63, 3.8) is 0 Å². The zero-order chi connectivity index (χ0) is 15.9. The summed E-state index contributed by atoms with van der Waals surface area (Å²) in [6, 6.07) is 9.23. The first-order valence-electron chi connectivity index (χ1n) is 6.67. The Morgan fingerprint density at radius 3 is 2.77 bits per heavy atom. The van der Waals surface area contributed by atoms with E-state index in [1.165, 1.54) is 0 Å². The second-order valence-electron chi connectivity index (χ2n) is 5.06. The fourth-order valence-corrected chi connectivity index (χ4v) is 3.06. The maximum absolute atomic E-state index is 12.6. The number of pyridine rings is 1. The summed E-state index contributed by atoms with van der Waals surface area (Å²) in [5, 5.41) is 3.50. The van der Waals surface area contributed by atoms with E-state index in [0.717, 1.165) is 15.7 Å². The van der Waals surface area contributed by atoms with Crippen LogP contribution in [-0.2, 0) is 0 Å². The Bertz CT molecular complexity index is 888. The minimum absolute atomic E-state index is 0.211. The van der Waals surface area contributed by atoms with E-state index in [9.17, 15) is 4.79 Å². The molecular formula is C16H13BrClN3O. The van der Waals surface area contributed by atoms with Gasteiger partial charge in [0.25, 0.3) is 5.91 Å². The molecule has 0 aliphatic heterocycles. The molecule has 0 aliphatic rings. The maximum atomic E-state index is 12.6. The molecule has 0 aliphatic carbocycles. The van der Waals surface area contributed by atoms with E-state index in [-0.39, 0.29) is 5.91 Å². The van der Waals surface area contributed by atoms with E-state index in [1.807, 2.05) is 25.1 Å². The largest absolute Gasteiger partial charge is 0.320 e. The van der Waals surface area contributed by atoms with Gasteiger partial charge in [0.2, 0.25) is 0 Å². The maximum Gasteiger partial charge on any atom is 0.274 e. The van der Waals surface area contributed by atoms with Crippen LogP contribution in [0.2, 0.25) is 5.02 Å². The molecule has 6 heteroatoms. The Hall–Kier alpha value is -1.85. The highest BCUT2D eigenvalue weighted by atomic mass is 79.9. The first-order chi connectivity index (χ1) is 10.5. The number of anilines is 1. The molecule has 0 atom stereocenters. The third-order valence-corrected chi connectivity index (χ3v) is 4.24. The number of amides is 1. The number of benzene rings is 1. The SMILES string of the molecule is Cc1ccc(NC(=O)c2c(C)nc3cc(Cl)ccn23)c(Br)c1. The first kappa shape index (κ1) is 15.1. The topological polar surface area (TPSA) is 46.4 Å². The van der Waals surface area contributed by atoms with E-state index in [4.69, 9.17) is 11.6 Å². The average Bonchev–Trinajstić information content (AvgIpc) is 2.76. The van der Waals surface area contributed by atoms with E-state index < -0.39 is 0 Å². The number of carbonyl (C=O) groups is 1. The van der Waals surface area contributed by atoms with Gasteiger partial charge in [0.1, 0.15) is 11.3 Å². The summed E-state index contributed by atoms with van der Waals surface area (Å²) in [5.41, 5.74) is 3.64. The summed E-state index contributed by atoms with van der Waals surface area (Å²) in [6.45, 7) is 3.80. The minimum atomic E-state index is -0.211. The Kier molecular flexibility index (Phi) is 3.93. The van der Waals surface area contributed by atoms with Gasteiger partial charge >= 0.3 is 0 Å². The molecule has 0 radical (unpaired) electrons. The van der Waals surface area contributed by atoms with Crippen molar-refractivity contribution in [2.75, 3.05) is 5.32 Å². The number of hydrogen-bond donors (Lipinski definition) is 1. The van der Waals surface area contributed by atoms with Crippen molar-refractivity contribution in [3.8, 4) is 0 Å². The molecule has 22 heavy (non-hydrogen) atoms. The standard InChI is InChI=1S/C16H13BrClN3O/c1-9-3-4-13(12(17)7-9)20-16(22)15-10(2)19-14-8-11(18)5-6-21(14)15/h3-8H,1-2H3,(H,20,22). The number of fused-ring (bicyclic) bond motifs is 1. The molecule has 112 valence electrons. The molecule has 3 aromatic rings. The zero-order valence-electron chi connectivity index (χ0n) is 12.0. The van der Waals surface area contributed by atoms with Gasteiger partial charge in [0, 0.05) is 21.8 Å². The van der Waals surface area contributed by atoms with Gasteiger partial charge < -0.3 is 5.32 Å². The molecule has 2 aromatic heterocycles. The number of nitrogens with one attached hydrogen (secondary N) is 1. The van der Waals surface area contributed by atoms with Crippen LogP contribution < -0.4 is 5.32 Å².